The van der Waals surface area contributed by atoms with E-state index in [4.69, 9.17) is 9.47 Å². The summed E-state index contributed by atoms with van der Waals surface area (Å²) in [5.74, 6) is -1.98. The molecule has 0 fully saturated rings. The number of aromatic amines is 1. The molecule has 2 rings (SSSR count). The van der Waals surface area contributed by atoms with Gasteiger partial charge in [-0.25, -0.2) is 4.79 Å². The first-order valence-corrected chi connectivity index (χ1v) is 8.75. The highest BCUT2D eigenvalue weighted by atomic mass is 19.4. The number of rotatable bonds is 7. The largest absolute Gasteiger partial charge is 0.461 e. The maximum atomic E-state index is 12.7. The van der Waals surface area contributed by atoms with Gasteiger partial charge in [0.25, 0.3) is 0 Å². The van der Waals surface area contributed by atoms with Gasteiger partial charge in [-0.15, -0.1) is 0 Å². The summed E-state index contributed by atoms with van der Waals surface area (Å²) in [5, 5.41) is 0. The molecule has 0 spiro atoms. The van der Waals surface area contributed by atoms with Gasteiger partial charge in [0.15, 0.2) is 6.61 Å². The van der Waals surface area contributed by atoms with Crippen molar-refractivity contribution in [1.29, 1.82) is 0 Å². The van der Waals surface area contributed by atoms with Crippen molar-refractivity contribution in [2.24, 2.45) is 0 Å². The first-order chi connectivity index (χ1) is 13.5. The van der Waals surface area contributed by atoms with Gasteiger partial charge >= 0.3 is 18.1 Å². The maximum absolute atomic E-state index is 12.7. The zero-order valence-corrected chi connectivity index (χ0v) is 16.1. The van der Waals surface area contributed by atoms with Crippen LogP contribution in [-0.2, 0) is 26.9 Å². The molecule has 0 radical (unpaired) electrons. The number of aryl methyl sites for hydroxylation is 1. The zero-order chi connectivity index (χ0) is 21.8. The number of carbonyl (C=O) groups excluding carboxylic acids is 3. The molecule has 9 heteroatoms. The summed E-state index contributed by atoms with van der Waals surface area (Å²) in [6.45, 7) is 4.38. The summed E-state index contributed by atoms with van der Waals surface area (Å²) in [6.07, 6.45) is -4.92. The lowest BCUT2D eigenvalue weighted by molar-refractivity contribution is -0.142. The number of ketones is 1. The molecule has 0 bridgehead atoms. The Kier molecular flexibility index (Phi) is 6.84. The second-order valence-corrected chi connectivity index (χ2v) is 6.30. The number of hydrogen-bond acceptors (Lipinski definition) is 5. The van der Waals surface area contributed by atoms with Gasteiger partial charge in [-0.2, -0.15) is 13.2 Å². The third-order valence-electron chi connectivity index (χ3n) is 4.16. The second-order valence-electron chi connectivity index (χ2n) is 6.30. The number of halogens is 3. The van der Waals surface area contributed by atoms with E-state index in [1.807, 2.05) is 0 Å². The molecule has 1 aromatic heterocycles. The van der Waals surface area contributed by atoms with E-state index in [2.05, 4.69) is 4.98 Å². The molecule has 156 valence electrons. The highest BCUT2D eigenvalue weighted by Crippen LogP contribution is 2.29. The lowest BCUT2D eigenvalue weighted by Crippen LogP contribution is -2.17. The number of hydrogen-bond donors (Lipinski definition) is 1. The smallest absolute Gasteiger partial charge is 0.416 e. The second kappa shape index (κ2) is 8.93. The fraction of sp³-hybridized carbons (Fsp3) is 0.350. The van der Waals surface area contributed by atoms with E-state index in [1.165, 1.54) is 12.1 Å². The van der Waals surface area contributed by atoms with Crippen LogP contribution in [0.15, 0.2) is 24.3 Å². The van der Waals surface area contributed by atoms with Crippen molar-refractivity contribution in [3.8, 4) is 0 Å². The lowest BCUT2D eigenvalue weighted by atomic mass is 10.1. The van der Waals surface area contributed by atoms with Crippen molar-refractivity contribution in [1.82, 2.24) is 4.98 Å². The Hall–Kier alpha value is -3.10. The van der Waals surface area contributed by atoms with E-state index < -0.39 is 42.5 Å². The van der Waals surface area contributed by atoms with E-state index >= 15 is 0 Å². The fourth-order valence-corrected chi connectivity index (χ4v) is 2.87. The molecule has 2 aromatic rings. The van der Waals surface area contributed by atoms with E-state index in [1.54, 1.807) is 20.8 Å². The van der Waals surface area contributed by atoms with E-state index in [0.717, 1.165) is 12.1 Å². The third-order valence-corrected chi connectivity index (χ3v) is 4.16. The lowest BCUT2D eigenvalue weighted by Gasteiger charge is -2.09. The number of nitrogens with one attached hydrogen (secondary N) is 1. The molecule has 1 aromatic carbocycles. The number of ether oxygens (including phenoxy) is 2. The van der Waals surface area contributed by atoms with Gasteiger partial charge in [0.2, 0.25) is 5.78 Å². The average molecular weight is 411 g/mol. The average Bonchev–Trinajstić information content (AvgIpc) is 2.94. The van der Waals surface area contributed by atoms with Crippen molar-refractivity contribution in [2.45, 2.75) is 33.4 Å². The van der Waals surface area contributed by atoms with Crippen LogP contribution in [0.3, 0.4) is 0 Å². The molecule has 1 N–H and O–H groups in total. The SMILES string of the molecule is CCOC(=O)c1[nH]c(C)c(C(=O)COC(=O)Cc2cccc(C(F)(F)F)c2)c1C. The first-order valence-electron chi connectivity index (χ1n) is 8.75. The van der Waals surface area contributed by atoms with Crippen molar-refractivity contribution in [2.75, 3.05) is 13.2 Å². The minimum Gasteiger partial charge on any atom is -0.461 e. The van der Waals surface area contributed by atoms with Gasteiger partial charge in [0.05, 0.1) is 18.6 Å². The van der Waals surface area contributed by atoms with Crippen LogP contribution < -0.4 is 0 Å². The molecule has 0 unspecified atom stereocenters. The maximum Gasteiger partial charge on any atom is 0.416 e. The molecule has 6 nitrogen and oxygen atoms in total. The topological polar surface area (TPSA) is 85.5 Å². The first kappa shape index (κ1) is 22.2. The number of alkyl halides is 3. The van der Waals surface area contributed by atoms with Crippen LogP contribution in [0.4, 0.5) is 13.2 Å². The minimum absolute atomic E-state index is 0.121. The summed E-state index contributed by atoms with van der Waals surface area (Å²) in [5.41, 5.74) is 0.395. The molecule has 29 heavy (non-hydrogen) atoms. The Labute approximate surface area is 165 Å². The Morgan fingerprint density at radius 3 is 2.41 bits per heavy atom. The van der Waals surface area contributed by atoms with E-state index in [-0.39, 0.29) is 23.4 Å². The molecule has 0 aliphatic rings. The number of carbonyl (C=O) groups is 3. The van der Waals surface area contributed by atoms with Crippen LogP contribution in [-0.4, -0.2) is 35.9 Å². The zero-order valence-electron chi connectivity index (χ0n) is 16.1. The molecule has 0 amide bonds. The Morgan fingerprint density at radius 1 is 1.10 bits per heavy atom. The van der Waals surface area contributed by atoms with Crippen LogP contribution in [0.1, 0.15) is 50.2 Å². The number of aromatic nitrogens is 1. The monoisotopic (exact) mass is 411 g/mol. The van der Waals surface area contributed by atoms with Gasteiger partial charge in [0, 0.05) is 11.3 Å². The fourth-order valence-electron chi connectivity index (χ4n) is 2.87. The van der Waals surface area contributed by atoms with Gasteiger partial charge in [-0.05, 0) is 38.0 Å². The van der Waals surface area contributed by atoms with Crippen molar-refractivity contribution in [3.63, 3.8) is 0 Å². The predicted molar refractivity (Wildman–Crippen MR) is 96.7 cm³/mol. The molecule has 0 atom stereocenters. The Morgan fingerprint density at radius 2 is 1.79 bits per heavy atom. The van der Waals surface area contributed by atoms with Crippen LogP contribution >= 0.6 is 0 Å². The molecule has 0 saturated heterocycles. The van der Waals surface area contributed by atoms with E-state index in [0.29, 0.717) is 11.3 Å². The Balaban J connectivity index is 2.03. The van der Waals surface area contributed by atoms with Crippen molar-refractivity contribution in [3.05, 3.63) is 57.9 Å². The highest BCUT2D eigenvalue weighted by molar-refractivity contribution is 6.03. The molecule has 0 aliphatic heterocycles. The molecular weight excluding hydrogens is 391 g/mol. The van der Waals surface area contributed by atoms with Gasteiger partial charge in [0.1, 0.15) is 5.69 Å². The van der Waals surface area contributed by atoms with Gasteiger partial charge < -0.3 is 14.5 Å². The van der Waals surface area contributed by atoms with Crippen LogP contribution in [0, 0.1) is 13.8 Å². The Bertz CT molecular complexity index is 931. The normalized spacial score (nSPS) is 11.2. The van der Waals surface area contributed by atoms with Crippen LogP contribution in [0.2, 0.25) is 0 Å². The summed E-state index contributed by atoms with van der Waals surface area (Å²) < 4.78 is 48.0. The molecule has 0 aliphatic carbocycles. The number of benzene rings is 1. The third kappa shape index (κ3) is 5.46. The number of Topliss-reactive ketones (excluding diaryl/α,β-unsaturated/α-hetero) is 1. The number of esters is 2. The molecule has 0 saturated carbocycles. The molecular formula is C20H20F3NO5. The summed E-state index contributed by atoms with van der Waals surface area (Å²) in [4.78, 5) is 39.0. The van der Waals surface area contributed by atoms with Crippen molar-refractivity contribution >= 4 is 17.7 Å². The van der Waals surface area contributed by atoms with Gasteiger partial charge in [-0.1, -0.05) is 18.2 Å². The quantitative estimate of drug-likeness (QED) is 0.553. The number of H-pyrrole nitrogens is 1. The van der Waals surface area contributed by atoms with Crippen molar-refractivity contribution < 1.29 is 37.0 Å². The van der Waals surface area contributed by atoms with Crippen LogP contribution in [0.5, 0.6) is 0 Å². The van der Waals surface area contributed by atoms with E-state index in [9.17, 15) is 27.6 Å². The predicted octanol–water partition coefficient (Wildman–Crippen LogP) is 3.80. The van der Waals surface area contributed by atoms with Crippen LogP contribution in [0.25, 0.3) is 0 Å². The summed E-state index contributed by atoms with van der Waals surface area (Å²) in [6, 6.07) is 4.32. The summed E-state index contributed by atoms with van der Waals surface area (Å²) >= 11 is 0. The standard InChI is InChI=1S/C20H20F3NO5/c1-4-28-19(27)18-11(2)17(12(3)24-18)15(25)10-29-16(26)9-13-6-5-7-14(8-13)20(21,22)23/h5-8,24H,4,9-10H2,1-3H3. The van der Waals surface area contributed by atoms with Gasteiger partial charge in [-0.3, -0.25) is 9.59 Å². The summed E-state index contributed by atoms with van der Waals surface area (Å²) in [7, 11) is 0. The highest BCUT2D eigenvalue weighted by Gasteiger charge is 2.30. The minimum atomic E-state index is -4.52. The molecule has 1 heterocycles.